The van der Waals surface area contributed by atoms with E-state index >= 15 is 0 Å². The number of hydrogen-bond donors (Lipinski definition) is 1. The SMILES string of the molecule is C=C(C)CNC1CCC(CC)CC1. The van der Waals surface area contributed by atoms with Crippen LogP contribution in [0.25, 0.3) is 0 Å². The van der Waals surface area contributed by atoms with Crippen LogP contribution >= 0.6 is 0 Å². The first-order chi connectivity index (χ1) is 6.22. The van der Waals surface area contributed by atoms with E-state index in [1.165, 1.54) is 37.7 Å². The molecule has 0 atom stereocenters. The van der Waals surface area contributed by atoms with Crippen LogP contribution in [0.2, 0.25) is 0 Å². The van der Waals surface area contributed by atoms with E-state index < -0.39 is 0 Å². The Morgan fingerprint density at radius 2 is 1.92 bits per heavy atom. The van der Waals surface area contributed by atoms with Crippen molar-refractivity contribution in [3.8, 4) is 0 Å². The van der Waals surface area contributed by atoms with Gasteiger partial charge in [-0.15, -0.1) is 0 Å². The second kappa shape index (κ2) is 5.43. The highest BCUT2D eigenvalue weighted by Gasteiger charge is 2.18. The third kappa shape index (κ3) is 3.95. The van der Waals surface area contributed by atoms with Crippen LogP contribution in [0.15, 0.2) is 12.2 Å². The van der Waals surface area contributed by atoms with Crippen molar-refractivity contribution in [1.82, 2.24) is 5.32 Å². The number of rotatable bonds is 4. The molecular weight excluding hydrogens is 158 g/mol. The molecule has 1 saturated carbocycles. The van der Waals surface area contributed by atoms with Crippen molar-refractivity contribution in [2.45, 2.75) is 52.0 Å². The average Bonchev–Trinajstić information content (AvgIpc) is 2.15. The molecular formula is C12H23N. The standard InChI is InChI=1S/C12H23N/c1-4-11-5-7-12(8-6-11)13-9-10(2)3/h11-13H,2,4-9H2,1,3H3. The molecule has 1 aliphatic rings. The lowest BCUT2D eigenvalue weighted by atomic mass is 9.84. The highest BCUT2D eigenvalue weighted by atomic mass is 14.9. The Hall–Kier alpha value is -0.300. The van der Waals surface area contributed by atoms with Crippen molar-refractivity contribution in [3.63, 3.8) is 0 Å². The van der Waals surface area contributed by atoms with Crippen LogP contribution in [0.3, 0.4) is 0 Å². The largest absolute Gasteiger partial charge is 0.310 e. The maximum absolute atomic E-state index is 3.91. The minimum Gasteiger partial charge on any atom is -0.310 e. The van der Waals surface area contributed by atoms with Gasteiger partial charge in [0.05, 0.1) is 0 Å². The van der Waals surface area contributed by atoms with E-state index in [1.807, 2.05) is 0 Å². The summed E-state index contributed by atoms with van der Waals surface area (Å²) in [7, 11) is 0. The maximum atomic E-state index is 3.91. The highest BCUT2D eigenvalue weighted by molar-refractivity contribution is 4.92. The fourth-order valence-electron chi connectivity index (χ4n) is 2.09. The highest BCUT2D eigenvalue weighted by Crippen LogP contribution is 2.26. The number of nitrogens with one attached hydrogen (secondary N) is 1. The van der Waals surface area contributed by atoms with Crippen molar-refractivity contribution in [3.05, 3.63) is 12.2 Å². The minimum atomic E-state index is 0.763. The Morgan fingerprint density at radius 3 is 2.38 bits per heavy atom. The molecule has 0 aromatic heterocycles. The van der Waals surface area contributed by atoms with E-state index in [0.29, 0.717) is 0 Å². The lowest BCUT2D eigenvalue weighted by Crippen LogP contribution is -2.33. The zero-order valence-corrected chi connectivity index (χ0v) is 9.10. The predicted octanol–water partition coefficient (Wildman–Crippen LogP) is 3.12. The lowest BCUT2D eigenvalue weighted by molar-refractivity contribution is 0.290. The topological polar surface area (TPSA) is 12.0 Å². The molecule has 0 aromatic carbocycles. The van der Waals surface area contributed by atoms with E-state index in [1.54, 1.807) is 0 Å². The predicted molar refractivity (Wildman–Crippen MR) is 58.9 cm³/mol. The third-order valence-electron chi connectivity index (χ3n) is 3.12. The van der Waals surface area contributed by atoms with Crippen LogP contribution in [0, 0.1) is 5.92 Å². The average molecular weight is 181 g/mol. The minimum absolute atomic E-state index is 0.763. The molecule has 1 nitrogen and oxygen atoms in total. The summed E-state index contributed by atoms with van der Waals surface area (Å²) < 4.78 is 0. The maximum Gasteiger partial charge on any atom is 0.0161 e. The summed E-state index contributed by atoms with van der Waals surface area (Å²) >= 11 is 0. The number of hydrogen-bond acceptors (Lipinski definition) is 1. The monoisotopic (exact) mass is 181 g/mol. The molecule has 0 heterocycles. The van der Waals surface area contributed by atoms with Gasteiger partial charge in [-0.25, -0.2) is 0 Å². The molecule has 0 radical (unpaired) electrons. The Bertz CT molecular complexity index is 155. The van der Waals surface area contributed by atoms with Gasteiger partial charge in [0.15, 0.2) is 0 Å². The Labute approximate surface area is 82.6 Å². The van der Waals surface area contributed by atoms with Crippen molar-refractivity contribution in [2.24, 2.45) is 5.92 Å². The molecule has 0 spiro atoms. The van der Waals surface area contributed by atoms with Crippen LogP contribution in [0.4, 0.5) is 0 Å². The van der Waals surface area contributed by atoms with Gasteiger partial charge >= 0.3 is 0 Å². The normalized spacial score (nSPS) is 28.8. The van der Waals surface area contributed by atoms with Gasteiger partial charge in [-0.3, -0.25) is 0 Å². The van der Waals surface area contributed by atoms with Gasteiger partial charge in [0.2, 0.25) is 0 Å². The zero-order chi connectivity index (χ0) is 9.68. The fourth-order valence-corrected chi connectivity index (χ4v) is 2.09. The smallest absolute Gasteiger partial charge is 0.0161 e. The van der Waals surface area contributed by atoms with E-state index in [2.05, 4.69) is 25.7 Å². The Balaban J connectivity index is 2.14. The molecule has 0 aromatic rings. The summed E-state index contributed by atoms with van der Waals surface area (Å²) in [4.78, 5) is 0. The summed E-state index contributed by atoms with van der Waals surface area (Å²) in [5.74, 6) is 1.00. The molecule has 0 bridgehead atoms. The van der Waals surface area contributed by atoms with Gasteiger partial charge in [-0.2, -0.15) is 0 Å². The second-order valence-electron chi connectivity index (χ2n) is 4.46. The molecule has 1 heteroatoms. The van der Waals surface area contributed by atoms with Crippen LogP contribution in [-0.4, -0.2) is 12.6 Å². The van der Waals surface area contributed by atoms with Crippen LogP contribution in [0.5, 0.6) is 0 Å². The van der Waals surface area contributed by atoms with Crippen molar-refractivity contribution in [1.29, 1.82) is 0 Å². The summed E-state index contributed by atoms with van der Waals surface area (Å²) in [5, 5.41) is 3.57. The summed E-state index contributed by atoms with van der Waals surface area (Å²) in [6, 6.07) is 0.763. The summed E-state index contributed by atoms with van der Waals surface area (Å²) in [6.07, 6.45) is 6.94. The second-order valence-corrected chi connectivity index (χ2v) is 4.46. The Kier molecular flexibility index (Phi) is 4.51. The quantitative estimate of drug-likeness (QED) is 0.657. The van der Waals surface area contributed by atoms with Gasteiger partial charge in [0.1, 0.15) is 0 Å². The van der Waals surface area contributed by atoms with Gasteiger partial charge in [-0.1, -0.05) is 25.5 Å². The van der Waals surface area contributed by atoms with Crippen LogP contribution < -0.4 is 5.32 Å². The zero-order valence-electron chi connectivity index (χ0n) is 9.10. The fraction of sp³-hybridized carbons (Fsp3) is 0.833. The first-order valence-electron chi connectivity index (χ1n) is 5.60. The first kappa shape index (κ1) is 10.8. The molecule has 0 amide bonds. The molecule has 0 saturated heterocycles. The van der Waals surface area contributed by atoms with Crippen LogP contribution in [0.1, 0.15) is 46.0 Å². The molecule has 76 valence electrons. The van der Waals surface area contributed by atoms with E-state index in [4.69, 9.17) is 0 Å². The van der Waals surface area contributed by atoms with Crippen molar-refractivity contribution in [2.75, 3.05) is 6.54 Å². The molecule has 13 heavy (non-hydrogen) atoms. The molecule has 1 rings (SSSR count). The van der Waals surface area contributed by atoms with Gasteiger partial charge in [0, 0.05) is 12.6 Å². The van der Waals surface area contributed by atoms with Gasteiger partial charge in [0.25, 0.3) is 0 Å². The molecule has 0 aliphatic heterocycles. The third-order valence-corrected chi connectivity index (χ3v) is 3.12. The van der Waals surface area contributed by atoms with Crippen molar-refractivity contribution >= 4 is 0 Å². The molecule has 1 aliphatic carbocycles. The van der Waals surface area contributed by atoms with E-state index in [-0.39, 0.29) is 0 Å². The van der Waals surface area contributed by atoms with Gasteiger partial charge in [-0.05, 0) is 38.5 Å². The van der Waals surface area contributed by atoms with Gasteiger partial charge < -0.3 is 5.32 Å². The van der Waals surface area contributed by atoms with E-state index in [0.717, 1.165) is 18.5 Å². The molecule has 1 fully saturated rings. The summed E-state index contributed by atoms with van der Waals surface area (Å²) in [6.45, 7) is 9.31. The van der Waals surface area contributed by atoms with Crippen LogP contribution in [-0.2, 0) is 0 Å². The first-order valence-corrected chi connectivity index (χ1v) is 5.60. The molecule has 1 N–H and O–H groups in total. The molecule has 0 unspecified atom stereocenters. The lowest BCUT2D eigenvalue weighted by Gasteiger charge is -2.28. The van der Waals surface area contributed by atoms with E-state index in [9.17, 15) is 0 Å². The summed E-state index contributed by atoms with van der Waals surface area (Å²) in [5.41, 5.74) is 1.25. The Morgan fingerprint density at radius 1 is 1.31 bits per heavy atom. The van der Waals surface area contributed by atoms with Crippen molar-refractivity contribution < 1.29 is 0 Å².